The van der Waals surface area contributed by atoms with Gasteiger partial charge in [-0.05, 0) is 74.1 Å². The Hall–Kier alpha value is -3.29. The summed E-state index contributed by atoms with van der Waals surface area (Å²) < 4.78 is 12.3. The first-order valence-electron chi connectivity index (χ1n) is 10.9. The first kappa shape index (κ1) is 22.5. The molecule has 1 amide bonds. The van der Waals surface area contributed by atoms with Gasteiger partial charge in [-0.1, -0.05) is 35.9 Å². The first-order chi connectivity index (χ1) is 16.3. The molecule has 2 aliphatic heterocycles. The van der Waals surface area contributed by atoms with Crippen molar-refractivity contribution < 1.29 is 14.3 Å². The predicted molar refractivity (Wildman–Crippen MR) is 138 cm³/mol. The van der Waals surface area contributed by atoms with Gasteiger partial charge in [-0.2, -0.15) is 0 Å². The number of para-hydroxylation sites is 1. The molecule has 5 rings (SSSR count). The Bertz CT molecular complexity index is 1280. The number of methoxy groups -OCH3 is 1. The minimum atomic E-state index is -1.13. The number of halogens is 1. The average Bonchev–Trinajstić information content (AvgIpc) is 2.79. The molecule has 2 bridgehead atoms. The molecule has 0 saturated carbocycles. The van der Waals surface area contributed by atoms with Gasteiger partial charge in [0.15, 0.2) is 22.3 Å². The zero-order valence-corrected chi connectivity index (χ0v) is 20.5. The third-order valence-corrected chi connectivity index (χ3v) is 6.92. The number of ether oxygens (including phenoxy) is 2. The van der Waals surface area contributed by atoms with Crippen LogP contribution in [0, 0.1) is 12.8 Å². The Morgan fingerprint density at radius 2 is 1.91 bits per heavy atom. The molecule has 3 unspecified atom stereocenters. The maximum atomic E-state index is 13.8. The molecule has 1 saturated heterocycles. The number of amides is 1. The Kier molecular flexibility index (Phi) is 5.62. The number of hydrogen-bond donors (Lipinski definition) is 2. The summed E-state index contributed by atoms with van der Waals surface area (Å²) in [6.45, 7) is 3.91. The van der Waals surface area contributed by atoms with E-state index in [1.807, 2.05) is 61.2 Å². The number of thiocarbonyl (C=S) groups is 1. The maximum absolute atomic E-state index is 13.8. The number of rotatable bonds is 4. The van der Waals surface area contributed by atoms with E-state index in [4.69, 9.17) is 33.3 Å². The molecule has 0 aliphatic carbocycles. The number of nitrogens with one attached hydrogen (secondary N) is 2. The maximum Gasteiger partial charge on any atom is 0.236 e. The third kappa shape index (κ3) is 3.65. The Morgan fingerprint density at radius 3 is 2.62 bits per heavy atom. The molecule has 2 N–H and O–H groups in total. The number of anilines is 2. The van der Waals surface area contributed by atoms with E-state index in [0.29, 0.717) is 27.3 Å². The molecular weight excluding hydrogens is 470 g/mol. The van der Waals surface area contributed by atoms with Gasteiger partial charge in [-0.25, -0.2) is 0 Å². The van der Waals surface area contributed by atoms with E-state index in [9.17, 15) is 4.79 Å². The average molecular weight is 494 g/mol. The SMILES string of the molecule is COc1cccc2c1OC1(C)C(C(=O)Nc3ccc(Cl)cc3)C2NC(=S)N1c1cccc(C)c1. The topological polar surface area (TPSA) is 62.8 Å². The van der Waals surface area contributed by atoms with Crippen molar-refractivity contribution >= 4 is 46.2 Å². The zero-order valence-electron chi connectivity index (χ0n) is 19.0. The van der Waals surface area contributed by atoms with Crippen molar-refractivity contribution in [2.24, 2.45) is 5.92 Å². The number of carbonyl (C=O) groups excluding carboxylic acids is 1. The fourth-order valence-corrected chi connectivity index (χ4v) is 5.38. The minimum absolute atomic E-state index is 0.198. The van der Waals surface area contributed by atoms with Crippen molar-refractivity contribution in [1.29, 1.82) is 0 Å². The molecule has 3 atom stereocenters. The summed E-state index contributed by atoms with van der Waals surface area (Å²) in [5, 5.41) is 7.53. The van der Waals surface area contributed by atoms with Crippen molar-refractivity contribution in [3.63, 3.8) is 0 Å². The van der Waals surface area contributed by atoms with Crippen molar-refractivity contribution in [3.8, 4) is 11.5 Å². The lowest BCUT2D eigenvalue weighted by atomic mass is 9.78. The normalized spacial score (nSPS) is 22.8. The lowest BCUT2D eigenvalue weighted by Gasteiger charge is -2.56. The largest absolute Gasteiger partial charge is 0.493 e. The predicted octanol–water partition coefficient (Wildman–Crippen LogP) is 5.46. The van der Waals surface area contributed by atoms with E-state index in [1.165, 1.54) is 0 Å². The van der Waals surface area contributed by atoms with Gasteiger partial charge >= 0.3 is 0 Å². The fraction of sp³-hybridized carbons (Fsp3) is 0.231. The molecule has 3 aromatic carbocycles. The number of nitrogens with zero attached hydrogens (tertiary/aromatic N) is 1. The molecule has 0 spiro atoms. The molecule has 174 valence electrons. The molecule has 2 heterocycles. The van der Waals surface area contributed by atoms with E-state index < -0.39 is 17.7 Å². The van der Waals surface area contributed by atoms with Crippen LogP contribution in [0.2, 0.25) is 5.02 Å². The standard InChI is InChI=1S/C26H24ClN3O3S/c1-15-6-4-7-18(14-15)30-25(34)29-22-19-8-5-9-20(32-3)23(19)33-26(30,2)21(22)24(31)28-17-12-10-16(27)11-13-17/h4-14,21-22H,1-3H3,(H,28,31)(H,29,34). The van der Waals surface area contributed by atoms with Gasteiger partial charge in [0.25, 0.3) is 0 Å². The van der Waals surface area contributed by atoms with Crippen LogP contribution in [-0.2, 0) is 4.79 Å². The first-order valence-corrected chi connectivity index (χ1v) is 11.7. The van der Waals surface area contributed by atoms with Crippen LogP contribution in [0.15, 0.2) is 66.7 Å². The molecule has 2 aliphatic rings. The molecule has 0 aromatic heterocycles. The van der Waals surface area contributed by atoms with Gasteiger partial charge in [0.05, 0.1) is 13.2 Å². The van der Waals surface area contributed by atoms with E-state index in [0.717, 1.165) is 16.8 Å². The lowest BCUT2D eigenvalue weighted by molar-refractivity contribution is -0.130. The molecular formula is C26H24ClN3O3S. The number of fused-ring (bicyclic) bond motifs is 4. The van der Waals surface area contributed by atoms with Crippen LogP contribution in [0.4, 0.5) is 11.4 Å². The van der Waals surface area contributed by atoms with E-state index >= 15 is 0 Å². The Labute approximate surface area is 208 Å². The zero-order chi connectivity index (χ0) is 24.0. The van der Waals surface area contributed by atoms with Crippen LogP contribution in [0.5, 0.6) is 11.5 Å². The summed E-state index contributed by atoms with van der Waals surface area (Å²) in [6, 6.07) is 20.2. The summed E-state index contributed by atoms with van der Waals surface area (Å²) in [4.78, 5) is 15.7. The van der Waals surface area contributed by atoms with Crippen LogP contribution in [0.25, 0.3) is 0 Å². The highest BCUT2D eigenvalue weighted by atomic mass is 35.5. The summed E-state index contributed by atoms with van der Waals surface area (Å²) in [5.74, 6) is 0.357. The van der Waals surface area contributed by atoms with Crippen LogP contribution >= 0.6 is 23.8 Å². The van der Waals surface area contributed by atoms with Crippen LogP contribution < -0.4 is 25.0 Å². The minimum Gasteiger partial charge on any atom is -0.493 e. The summed E-state index contributed by atoms with van der Waals surface area (Å²) in [7, 11) is 1.60. The van der Waals surface area contributed by atoms with Gasteiger partial charge in [-0.3, -0.25) is 9.69 Å². The quantitative estimate of drug-likeness (QED) is 0.471. The monoisotopic (exact) mass is 493 g/mol. The van der Waals surface area contributed by atoms with E-state index in [-0.39, 0.29) is 5.91 Å². The third-order valence-electron chi connectivity index (χ3n) is 6.36. The lowest BCUT2D eigenvalue weighted by Crippen LogP contribution is -2.72. The van der Waals surface area contributed by atoms with Gasteiger partial charge in [-0.15, -0.1) is 0 Å². The molecule has 0 radical (unpaired) electrons. The second-order valence-electron chi connectivity index (χ2n) is 8.61. The van der Waals surface area contributed by atoms with E-state index in [2.05, 4.69) is 10.6 Å². The summed E-state index contributed by atoms with van der Waals surface area (Å²) in [5.41, 5.74) is 2.25. The highest BCUT2D eigenvalue weighted by Crippen LogP contribution is 2.52. The van der Waals surface area contributed by atoms with E-state index in [1.54, 1.807) is 31.4 Å². The van der Waals surface area contributed by atoms with Crippen LogP contribution in [0.3, 0.4) is 0 Å². The number of aryl methyl sites for hydroxylation is 1. The van der Waals surface area contributed by atoms with Crippen LogP contribution in [0.1, 0.15) is 24.1 Å². The van der Waals surface area contributed by atoms with Crippen molar-refractivity contribution in [1.82, 2.24) is 5.32 Å². The Morgan fingerprint density at radius 1 is 1.18 bits per heavy atom. The van der Waals surface area contributed by atoms with Crippen molar-refractivity contribution in [2.75, 3.05) is 17.3 Å². The smallest absolute Gasteiger partial charge is 0.236 e. The molecule has 3 aromatic rings. The second kappa shape index (κ2) is 8.49. The highest BCUT2D eigenvalue weighted by Gasteiger charge is 2.59. The molecule has 8 heteroatoms. The summed E-state index contributed by atoms with van der Waals surface area (Å²) >= 11 is 11.8. The number of benzene rings is 3. The highest BCUT2D eigenvalue weighted by molar-refractivity contribution is 7.80. The van der Waals surface area contributed by atoms with Crippen molar-refractivity contribution in [3.05, 3.63) is 82.9 Å². The Balaban J connectivity index is 1.65. The van der Waals surface area contributed by atoms with Gasteiger partial charge in [0, 0.05) is 22.0 Å². The number of hydrogen-bond acceptors (Lipinski definition) is 4. The van der Waals surface area contributed by atoms with Gasteiger partial charge < -0.3 is 20.1 Å². The molecule has 34 heavy (non-hydrogen) atoms. The fourth-order valence-electron chi connectivity index (χ4n) is 4.84. The second-order valence-corrected chi connectivity index (χ2v) is 9.43. The van der Waals surface area contributed by atoms with Gasteiger partial charge in [0.2, 0.25) is 5.91 Å². The summed E-state index contributed by atoms with van der Waals surface area (Å²) in [6.07, 6.45) is 0. The van der Waals surface area contributed by atoms with Crippen LogP contribution in [-0.4, -0.2) is 23.9 Å². The molecule has 1 fully saturated rings. The number of carbonyl (C=O) groups is 1. The van der Waals surface area contributed by atoms with Gasteiger partial charge in [0.1, 0.15) is 5.92 Å². The van der Waals surface area contributed by atoms with Crippen molar-refractivity contribution in [2.45, 2.75) is 25.6 Å². The molecule has 6 nitrogen and oxygen atoms in total.